The monoisotopic (exact) mass is 219 g/mol. The fourth-order valence-electron chi connectivity index (χ4n) is 2.62. The molecule has 0 radical (unpaired) electrons. The Hall–Kier alpha value is -1.02. The van der Waals surface area contributed by atoms with E-state index in [0.29, 0.717) is 11.3 Å². The van der Waals surface area contributed by atoms with Gasteiger partial charge in [-0.15, -0.1) is 0 Å². The summed E-state index contributed by atoms with van der Waals surface area (Å²) in [7, 11) is 1.75. The van der Waals surface area contributed by atoms with Crippen molar-refractivity contribution in [3.05, 3.63) is 29.8 Å². The zero-order valence-corrected chi connectivity index (χ0v) is 10.4. The summed E-state index contributed by atoms with van der Waals surface area (Å²) < 4.78 is 5.44. The highest BCUT2D eigenvalue weighted by atomic mass is 16.5. The predicted molar refractivity (Wildman–Crippen MR) is 67.0 cm³/mol. The molecule has 0 amide bonds. The zero-order chi connectivity index (χ0) is 11.6. The molecule has 1 aliphatic heterocycles. The number of methoxy groups -OCH3 is 1. The summed E-state index contributed by atoms with van der Waals surface area (Å²) >= 11 is 0. The van der Waals surface area contributed by atoms with E-state index < -0.39 is 0 Å². The second kappa shape index (κ2) is 4.46. The summed E-state index contributed by atoms with van der Waals surface area (Å²) in [6, 6.07) is 8.37. The van der Waals surface area contributed by atoms with Gasteiger partial charge in [-0.2, -0.15) is 0 Å². The Morgan fingerprint density at radius 1 is 1.31 bits per heavy atom. The molecule has 0 spiro atoms. The maximum Gasteiger partial charge on any atom is 0.122 e. The lowest BCUT2D eigenvalue weighted by Gasteiger charge is -2.36. The molecular weight excluding hydrogens is 198 g/mol. The van der Waals surface area contributed by atoms with Crippen molar-refractivity contribution in [3.8, 4) is 5.75 Å². The maximum absolute atomic E-state index is 5.44. The molecule has 1 heterocycles. The van der Waals surface area contributed by atoms with Gasteiger partial charge in [0.15, 0.2) is 0 Å². The summed E-state index contributed by atoms with van der Waals surface area (Å²) in [4.78, 5) is 0. The molecule has 1 unspecified atom stereocenters. The van der Waals surface area contributed by atoms with E-state index in [2.05, 4.69) is 37.4 Å². The number of hydrogen-bond donors (Lipinski definition) is 1. The van der Waals surface area contributed by atoms with Crippen LogP contribution in [0.4, 0.5) is 0 Å². The minimum Gasteiger partial charge on any atom is -0.496 e. The van der Waals surface area contributed by atoms with Gasteiger partial charge in [-0.1, -0.05) is 32.0 Å². The van der Waals surface area contributed by atoms with E-state index in [1.165, 1.54) is 12.0 Å². The number of nitrogens with one attached hydrogen (secondary N) is 1. The SMILES string of the molecule is COc1ccccc1C1CNCC(C)(C)C1. The third kappa shape index (κ3) is 2.38. The second-order valence-electron chi connectivity index (χ2n) is 5.44. The first kappa shape index (κ1) is 11.5. The number of para-hydroxylation sites is 1. The minimum atomic E-state index is 0.379. The highest BCUT2D eigenvalue weighted by Crippen LogP contribution is 2.37. The van der Waals surface area contributed by atoms with Crippen molar-refractivity contribution in [2.24, 2.45) is 5.41 Å². The van der Waals surface area contributed by atoms with Gasteiger partial charge >= 0.3 is 0 Å². The van der Waals surface area contributed by atoms with Gasteiger partial charge in [0.25, 0.3) is 0 Å². The van der Waals surface area contributed by atoms with Crippen LogP contribution in [0.3, 0.4) is 0 Å². The number of ether oxygens (including phenoxy) is 1. The van der Waals surface area contributed by atoms with Crippen LogP contribution in [-0.2, 0) is 0 Å². The third-order valence-corrected chi connectivity index (χ3v) is 3.37. The van der Waals surface area contributed by atoms with Gasteiger partial charge in [0.1, 0.15) is 5.75 Å². The van der Waals surface area contributed by atoms with Crippen LogP contribution in [0.25, 0.3) is 0 Å². The van der Waals surface area contributed by atoms with Gasteiger partial charge in [-0.05, 0) is 23.5 Å². The lowest BCUT2D eigenvalue weighted by molar-refractivity contribution is 0.237. The minimum absolute atomic E-state index is 0.379. The van der Waals surface area contributed by atoms with E-state index >= 15 is 0 Å². The van der Waals surface area contributed by atoms with Crippen LogP contribution in [0, 0.1) is 5.41 Å². The van der Waals surface area contributed by atoms with Crippen LogP contribution in [0.1, 0.15) is 31.7 Å². The molecule has 1 fully saturated rings. The highest BCUT2D eigenvalue weighted by Gasteiger charge is 2.29. The summed E-state index contributed by atoms with van der Waals surface area (Å²) in [5.41, 5.74) is 1.72. The molecule has 0 bridgehead atoms. The first-order valence-corrected chi connectivity index (χ1v) is 5.96. The normalized spacial score (nSPS) is 24.1. The molecule has 1 aliphatic rings. The first-order valence-electron chi connectivity index (χ1n) is 5.96. The molecule has 0 aliphatic carbocycles. The Bertz CT molecular complexity index is 360. The van der Waals surface area contributed by atoms with Gasteiger partial charge in [0.2, 0.25) is 0 Å². The highest BCUT2D eigenvalue weighted by molar-refractivity contribution is 5.36. The van der Waals surface area contributed by atoms with Gasteiger partial charge in [-0.25, -0.2) is 0 Å². The van der Waals surface area contributed by atoms with Crippen LogP contribution in [0.5, 0.6) is 5.75 Å². The summed E-state index contributed by atoms with van der Waals surface area (Å²) in [6.45, 7) is 6.81. The fourth-order valence-corrected chi connectivity index (χ4v) is 2.62. The molecule has 1 saturated heterocycles. The molecule has 1 N–H and O–H groups in total. The first-order chi connectivity index (χ1) is 7.62. The van der Waals surface area contributed by atoms with Crippen molar-refractivity contribution in [1.82, 2.24) is 5.32 Å². The summed E-state index contributed by atoms with van der Waals surface area (Å²) in [5.74, 6) is 1.59. The second-order valence-corrected chi connectivity index (χ2v) is 5.44. The van der Waals surface area contributed by atoms with Crippen molar-refractivity contribution in [2.75, 3.05) is 20.2 Å². The molecule has 88 valence electrons. The smallest absolute Gasteiger partial charge is 0.122 e. The Kier molecular flexibility index (Phi) is 3.20. The van der Waals surface area contributed by atoms with Gasteiger partial charge < -0.3 is 10.1 Å². The van der Waals surface area contributed by atoms with E-state index in [1.54, 1.807) is 7.11 Å². The predicted octanol–water partition coefficient (Wildman–Crippen LogP) is 2.80. The Morgan fingerprint density at radius 3 is 2.75 bits per heavy atom. The van der Waals surface area contributed by atoms with Crippen LogP contribution >= 0.6 is 0 Å². The van der Waals surface area contributed by atoms with E-state index in [-0.39, 0.29) is 0 Å². The average molecular weight is 219 g/mol. The molecular formula is C14H21NO. The van der Waals surface area contributed by atoms with E-state index in [4.69, 9.17) is 4.74 Å². The van der Waals surface area contributed by atoms with E-state index in [0.717, 1.165) is 18.8 Å². The van der Waals surface area contributed by atoms with Gasteiger partial charge in [0.05, 0.1) is 7.11 Å². The average Bonchev–Trinajstić information content (AvgIpc) is 2.27. The van der Waals surface area contributed by atoms with Crippen molar-refractivity contribution >= 4 is 0 Å². The number of benzene rings is 1. The van der Waals surface area contributed by atoms with Crippen molar-refractivity contribution in [1.29, 1.82) is 0 Å². The Labute approximate surface area is 98.0 Å². The van der Waals surface area contributed by atoms with Crippen LogP contribution in [0.15, 0.2) is 24.3 Å². The third-order valence-electron chi connectivity index (χ3n) is 3.37. The molecule has 2 heteroatoms. The van der Waals surface area contributed by atoms with Crippen molar-refractivity contribution < 1.29 is 4.74 Å². The van der Waals surface area contributed by atoms with Crippen LogP contribution in [0.2, 0.25) is 0 Å². The van der Waals surface area contributed by atoms with Gasteiger partial charge in [-0.3, -0.25) is 0 Å². The summed E-state index contributed by atoms with van der Waals surface area (Å²) in [6.07, 6.45) is 1.22. The number of hydrogen-bond acceptors (Lipinski definition) is 2. The topological polar surface area (TPSA) is 21.3 Å². The Morgan fingerprint density at radius 2 is 2.06 bits per heavy atom. The molecule has 2 nitrogen and oxygen atoms in total. The fraction of sp³-hybridized carbons (Fsp3) is 0.571. The van der Waals surface area contributed by atoms with Crippen molar-refractivity contribution in [2.45, 2.75) is 26.2 Å². The maximum atomic E-state index is 5.44. The molecule has 2 rings (SSSR count). The molecule has 0 saturated carbocycles. The molecule has 1 aromatic rings. The molecule has 16 heavy (non-hydrogen) atoms. The van der Waals surface area contributed by atoms with E-state index in [9.17, 15) is 0 Å². The van der Waals surface area contributed by atoms with Gasteiger partial charge in [0, 0.05) is 19.0 Å². The standard InChI is InChI=1S/C14H21NO/c1-14(2)8-11(9-15-10-14)12-6-4-5-7-13(12)16-3/h4-7,11,15H,8-10H2,1-3H3. The number of rotatable bonds is 2. The Balaban J connectivity index is 2.23. The largest absolute Gasteiger partial charge is 0.496 e. The molecule has 1 aromatic carbocycles. The zero-order valence-electron chi connectivity index (χ0n) is 10.4. The van der Waals surface area contributed by atoms with Crippen LogP contribution in [-0.4, -0.2) is 20.2 Å². The summed E-state index contributed by atoms with van der Waals surface area (Å²) in [5, 5.41) is 3.52. The lowest BCUT2D eigenvalue weighted by Crippen LogP contribution is -2.40. The molecule has 1 atom stereocenters. The quantitative estimate of drug-likeness (QED) is 0.826. The van der Waals surface area contributed by atoms with Crippen LogP contribution < -0.4 is 10.1 Å². The number of piperidine rings is 1. The van der Waals surface area contributed by atoms with Crippen molar-refractivity contribution in [3.63, 3.8) is 0 Å². The van der Waals surface area contributed by atoms with E-state index in [1.807, 2.05) is 6.07 Å². The molecule has 0 aromatic heterocycles. The lowest BCUT2D eigenvalue weighted by atomic mass is 9.77.